The van der Waals surface area contributed by atoms with Crippen molar-refractivity contribution in [2.45, 2.75) is 32.7 Å². The summed E-state index contributed by atoms with van der Waals surface area (Å²) in [6.45, 7) is 9.54. The summed E-state index contributed by atoms with van der Waals surface area (Å²) in [7, 11) is 1.83. The molecule has 0 saturated carbocycles. The first kappa shape index (κ1) is 21.2. The van der Waals surface area contributed by atoms with Crippen molar-refractivity contribution in [3.63, 3.8) is 0 Å². The number of aliphatic imine (C=N–C) groups is 1. The number of thiazole rings is 1. The molecule has 0 radical (unpaired) electrons. The summed E-state index contributed by atoms with van der Waals surface area (Å²) in [6, 6.07) is 4.69. The van der Waals surface area contributed by atoms with Gasteiger partial charge in [0.1, 0.15) is 0 Å². The van der Waals surface area contributed by atoms with Crippen LogP contribution in [-0.2, 0) is 17.6 Å². The van der Waals surface area contributed by atoms with Gasteiger partial charge in [-0.05, 0) is 24.8 Å². The molecule has 3 heterocycles. The van der Waals surface area contributed by atoms with Crippen molar-refractivity contribution in [3.8, 4) is 0 Å². The lowest BCUT2D eigenvalue weighted by Gasteiger charge is -2.34. The van der Waals surface area contributed by atoms with Crippen LogP contribution >= 0.6 is 22.7 Å². The number of thiophene rings is 1. The molecule has 6 nitrogen and oxygen atoms in total. The Balaban J connectivity index is 1.51. The number of ether oxygens (including phenoxy) is 1. The predicted molar refractivity (Wildman–Crippen MR) is 119 cm³/mol. The Hall–Kier alpha value is -1.48. The number of rotatable bonds is 8. The van der Waals surface area contributed by atoms with E-state index in [4.69, 9.17) is 9.72 Å². The van der Waals surface area contributed by atoms with Gasteiger partial charge in [0.25, 0.3) is 0 Å². The zero-order chi connectivity index (χ0) is 19.8. The Labute approximate surface area is 176 Å². The third-order valence-electron chi connectivity index (χ3n) is 4.95. The van der Waals surface area contributed by atoms with Crippen LogP contribution in [-0.4, -0.2) is 62.3 Å². The molecule has 3 rings (SSSR count). The molecule has 1 atom stereocenters. The van der Waals surface area contributed by atoms with E-state index in [1.165, 1.54) is 20.5 Å². The number of guanidine groups is 1. The van der Waals surface area contributed by atoms with Crippen LogP contribution in [0.3, 0.4) is 0 Å². The van der Waals surface area contributed by atoms with E-state index < -0.39 is 0 Å². The zero-order valence-corrected chi connectivity index (χ0v) is 18.7. The van der Waals surface area contributed by atoms with Gasteiger partial charge in [-0.3, -0.25) is 9.89 Å². The molecule has 1 saturated heterocycles. The van der Waals surface area contributed by atoms with Crippen molar-refractivity contribution in [2.75, 3.05) is 46.4 Å². The summed E-state index contributed by atoms with van der Waals surface area (Å²) in [5.74, 6) is 0.846. The summed E-state index contributed by atoms with van der Waals surface area (Å²) in [6.07, 6.45) is 1.93. The lowest BCUT2D eigenvalue weighted by Crippen LogP contribution is -2.46. The molecule has 1 aliphatic rings. The molecule has 1 unspecified atom stereocenters. The number of hydrogen-bond donors (Lipinski definition) is 2. The van der Waals surface area contributed by atoms with Crippen LogP contribution in [0.4, 0.5) is 0 Å². The first-order chi connectivity index (χ1) is 13.7. The van der Waals surface area contributed by atoms with Gasteiger partial charge in [-0.1, -0.05) is 13.0 Å². The fourth-order valence-corrected chi connectivity index (χ4v) is 5.29. The monoisotopic (exact) mass is 421 g/mol. The average molecular weight is 422 g/mol. The molecule has 8 heteroatoms. The second-order valence-electron chi connectivity index (χ2n) is 6.77. The molecule has 154 valence electrons. The largest absolute Gasteiger partial charge is 0.379 e. The highest BCUT2D eigenvalue weighted by Gasteiger charge is 2.23. The SMILES string of the molecule is CCc1nc(CCNC(=NC)NCC(c2cccs2)N2CCOCC2)sc1C. The molecule has 1 aliphatic heterocycles. The van der Waals surface area contributed by atoms with Gasteiger partial charge < -0.3 is 15.4 Å². The second kappa shape index (κ2) is 10.9. The molecule has 0 bridgehead atoms. The number of aryl methyl sites for hydroxylation is 2. The van der Waals surface area contributed by atoms with Gasteiger partial charge in [-0.2, -0.15) is 0 Å². The van der Waals surface area contributed by atoms with Crippen molar-refractivity contribution in [1.29, 1.82) is 0 Å². The zero-order valence-electron chi connectivity index (χ0n) is 17.0. The first-order valence-electron chi connectivity index (χ1n) is 9.96. The maximum Gasteiger partial charge on any atom is 0.191 e. The molecule has 28 heavy (non-hydrogen) atoms. The fourth-order valence-electron chi connectivity index (χ4n) is 3.40. The van der Waals surface area contributed by atoms with E-state index in [9.17, 15) is 0 Å². The van der Waals surface area contributed by atoms with E-state index in [1.54, 1.807) is 11.3 Å². The summed E-state index contributed by atoms with van der Waals surface area (Å²) in [4.78, 5) is 14.3. The van der Waals surface area contributed by atoms with Gasteiger partial charge in [0.05, 0.1) is 30.0 Å². The Morgan fingerprint density at radius 1 is 1.36 bits per heavy atom. The summed E-state index contributed by atoms with van der Waals surface area (Å²) >= 11 is 3.62. The topological polar surface area (TPSA) is 61.8 Å². The molecule has 0 amide bonds. The van der Waals surface area contributed by atoms with Crippen LogP contribution in [0, 0.1) is 6.92 Å². The molecular weight excluding hydrogens is 390 g/mol. The van der Waals surface area contributed by atoms with Gasteiger partial charge >= 0.3 is 0 Å². The number of aromatic nitrogens is 1. The standard InChI is InChI=1S/C20H31N5OS2/c1-4-16-15(2)28-19(24-16)7-8-22-20(21-3)23-14-17(18-6-5-13-27-18)25-9-11-26-12-10-25/h5-6,13,17H,4,7-12,14H2,1-3H3,(H2,21,22,23). The van der Waals surface area contributed by atoms with Crippen LogP contribution in [0.5, 0.6) is 0 Å². The maximum atomic E-state index is 5.53. The third-order valence-corrected chi connectivity index (χ3v) is 6.99. The van der Waals surface area contributed by atoms with Crippen molar-refractivity contribution in [1.82, 2.24) is 20.5 Å². The van der Waals surface area contributed by atoms with Crippen molar-refractivity contribution < 1.29 is 4.74 Å². The van der Waals surface area contributed by atoms with Crippen molar-refractivity contribution >= 4 is 28.6 Å². The highest BCUT2D eigenvalue weighted by Crippen LogP contribution is 2.25. The van der Waals surface area contributed by atoms with E-state index in [0.29, 0.717) is 6.04 Å². The van der Waals surface area contributed by atoms with Gasteiger partial charge in [-0.15, -0.1) is 22.7 Å². The quantitative estimate of drug-likeness (QED) is 0.507. The molecule has 0 aliphatic carbocycles. The summed E-state index contributed by atoms with van der Waals surface area (Å²) in [5.41, 5.74) is 1.23. The molecule has 2 N–H and O–H groups in total. The van der Waals surface area contributed by atoms with Crippen LogP contribution in [0.25, 0.3) is 0 Å². The van der Waals surface area contributed by atoms with Gasteiger partial charge in [0.15, 0.2) is 5.96 Å². The first-order valence-corrected chi connectivity index (χ1v) is 11.7. The Morgan fingerprint density at radius 3 is 2.82 bits per heavy atom. The fraction of sp³-hybridized carbons (Fsp3) is 0.600. The minimum Gasteiger partial charge on any atom is -0.379 e. The van der Waals surface area contributed by atoms with Crippen LogP contribution in [0.15, 0.2) is 22.5 Å². The lowest BCUT2D eigenvalue weighted by molar-refractivity contribution is 0.0177. The molecule has 0 aromatic carbocycles. The minimum atomic E-state index is 0.344. The van der Waals surface area contributed by atoms with Crippen LogP contribution < -0.4 is 10.6 Å². The summed E-state index contributed by atoms with van der Waals surface area (Å²) < 4.78 is 5.53. The highest BCUT2D eigenvalue weighted by atomic mass is 32.1. The molecule has 2 aromatic rings. The Morgan fingerprint density at radius 2 is 2.18 bits per heavy atom. The van der Waals surface area contributed by atoms with Gasteiger partial charge in [-0.25, -0.2) is 4.98 Å². The smallest absolute Gasteiger partial charge is 0.191 e. The highest BCUT2D eigenvalue weighted by molar-refractivity contribution is 7.11. The number of morpholine rings is 1. The van der Waals surface area contributed by atoms with E-state index in [0.717, 1.165) is 58.2 Å². The van der Waals surface area contributed by atoms with E-state index in [1.807, 2.05) is 18.4 Å². The van der Waals surface area contributed by atoms with E-state index in [2.05, 4.69) is 51.9 Å². The van der Waals surface area contributed by atoms with Crippen molar-refractivity contribution in [2.24, 2.45) is 4.99 Å². The van der Waals surface area contributed by atoms with Crippen LogP contribution in [0.2, 0.25) is 0 Å². The number of hydrogen-bond acceptors (Lipinski definition) is 6. The predicted octanol–water partition coefficient (Wildman–Crippen LogP) is 2.86. The van der Waals surface area contributed by atoms with Crippen LogP contribution in [0.1, 0.15) is 33.4 Å². The second-order valence-corrected chi connectivity index (χ2v) is 9.04. The Kier molecular flexibility index (Phi) is 8.27. The molecule has 0 spiro atoms. The molecule has 1 fully saturated rings. The number of nitrogens with zero attached hydrogens (tertiary/aromatic N) is 3. The molecular formula is C20H31N5OS2. The normalized spacial score (nSPS) is 16.9. The van der Waals surface area contributed by atoms with Crippen molar-refractivity contribution in [3.05, 3.63) is 38.0 Å². The Bertz CT molecular complexity index is 738. The third kappa shape index (κ3) is 5.76. The average Bonchev–Trinajstić information content (AvgIpc) is 3.37. The maximum absolute atomic E-state index is 5.53. The lowest BCUT2D eigenvalue weighted by atomic mass is 10.2. The van der Waals surface area contributed by atoms with Gasteiger partial charge in [0.2, 0.25) is 0 Å². The minimum absolute atomic E-state index is 0.344. The summed E-state index contributed by atoms with van der Waals surface area (Å²) in [5, 5.41) is 10.3. The molecule has 2 aromatic heterocycles. The number of nitrogens with one attached hydrogen (secondary N) is 2. The van der Waals surface area contributed by atoms with E-state index >= 15 is 0 Å². The van der Waals surface area contributed by atoms with E-state index in [-0.39, 0.29) is 0 Å². The van der Waals surface area contributed by atoms with Gasteiger partial charge in [0, 0.05) is 49.4 Å².